The minimum atomic E-state index is 0.410. The highest BCUT2D eigenvalue weighted by Gasteiger charge is 2.25. The Bertz CT molecular complexity index is 441. The lowest BCUT2D eigenvalue weighted by Gasteiger charge is -2.23. The van der Waals surface area contributed by atoms with E-state index < -0.39 is 0 Å². The predicted octanol–water partition coefficient (Wildman–Crippen LogP) is 2.71. The van der Waals surface area contributed by atoms with Crippen LogP contribution >= 0.6 is 0 Å². The fourth-order valence-corrected chi connectivity index (χ4v) is 3.32. The Hall–Kier alpha value is -1.06. The maximum Gasteiger partial charge on any atom is 0.122 e. The molecule has 2 atom stereocenters. The Balaban J connectivity index is 1.58. The molecule has 1 N–H and O–H groups in total. The van der Waals surface area contributed by atoms with Crippen LogP contribution in [0.25, 0.3) is 0 Å². The SMILES string of the molecule is CCNC(CCc1ccc2c(c1)CCO2)C1CCCO1. The third-order valence-corrected chi connectivity index (χ3v) is 4.38. The molecule has 0 radical (unpaired) electrons. The van der Waals surface area contributed by atoms with Crippen molar-refractivity contribution < 1.29 is 9.47 Å². The Morgan fingerprint density at radius 2 is 2.30 bits per heavy atom. The van der Waals surface area contributed by atoms with Crippen LogP contribution in [0.15, 0.2) is 18.2 Å². The Labute approximate surface area is 121 Å². The van der Waals surface area contributed by atoms with Crippen LogP contribution in [0.2, 0.25) is 0 Å². The van der Waals surface area contributed by atoms with Gasteiger partial charge in [0.15, 0.2) is 0 Å². The lowest BCUT2D eigenvalue weighted by atomic mass is 9.98. The van der Waals surface area contributed by atoms with E-state index in [4.69, 9.17) is 9.47 Å². The molecule has 3 rings (SSSR count). The molecular formula is C17H25NO2. The Morgan fingerprint density at radius 1 is 1.35 bits per heavy atom. The molecule has 0 aliphatic carbocycles. The van der Waals surface area contributed by atoms with E-state index in [0.717, 1.165) is 44.8 Å². The summed E-state index contributed by atoms with van der Waals surface area (Å²) in [6.45, 7) is 4.97. The average molecular weight is 275 g/mol. The van der Waals surface area contributed by atoms with Crippen molar-refractivity contribution in [2.24, 2.45) is 0 Å². The monoisotopic (exact) mass is 275 g/mol. The van der Waals surface area contributed by atoms with Gasteiger partial charge in [-0.25, -0.2) is 0 Å². The summed E-state index contributed by atoms with van der Waals surface area (Å²) in [5, 5.41) is 3.60. The van der Waals surface area contributed by atoms with Crippen LogP contribution in [0, 0.1) is 0 Å². The zero-order valence-electron chi connectivity index (χ0n) is 12.4. The average Bonchev–Trinajstić information content (AvgIpc) is 3.13. The lowest BCUT2D eigenvalue weighted by Crippen LogP contribution is -2.39. The summed E-state index contributed by atoms with van der Waals surface area (Å²) in [5.74, 6) is 1.08. The standard InChI is InChI=1S/C17H25NO2/c1-2-18-15(17-4-3-10-19-17)7-5-13-6-8-16-14(12-13)9-11-20-16/h6,8,12,15,17-18H,2-5,7,9-11H2,1H3. The van der Waals surface area contributed by atoms with Gasteiger partial charge >= 0.3 is 0 Å². The van der Waals surface area contributed by atoms with Crippen molar-refractivity contribution in [3.8, 4) is 5.75 Å². The number of fused-ring (bicyclic) bond motifs is 1. The summed E-state index contributed by atoms with van der Waals surface area (Å²) in [7, 11) is 0. The molecule has 20 heavy (non-hydrogen) atoms. The minimum absolute atomic E-state index is 0.410. The molecule has 0 amide bonds. The van der Waals surface area contributed by atoms with Gasteiger partial charge in [-0.15, -0.1) is 0 Å². The van der Waals surface area contributed by atoms with Crippen molar-refractivity contribution >= 4 is 0 Å². The maximum atomic E-state index is 5.85. The highest BCUT2D eigenvalue weighted by molar-refractivity contribution is 5.39. The molecule has 1 saturated heterocycles. The molecule has 1 fully saturated rings. The molecular weight excluding hydrogens is 250 g/mol. The van der Waals surface area contributed by atoms with Gasteiger partial charge in [0.25, 0.3) is 0 Å². The van der Waals surface area contributed by atoms with Gasteiger partial charge in [-0.3, -0.25) is 0 Å². The topological polar surface area (TPSA) is 30.5 Å². The van der Waals surface area contributed by atoms with Gasteiger partial charge in [-0.2, -0.15) is 0 Å². The summed E-state index contributed by atoms with van der Waals surface area (Å²) >= 11 is 0. The molecule has 2 unspecified atom stereocenters. The van der Waals surface area contributed by atoms with Gasteiger partial charge in [0.1, 0.15) is 5.75 Å². The molecule has 0 saturated carbocycles. The quantitative estimate of drug-likeness (QED) is 0.866. The second-order valence-corrected chi connectivity index (χ2v) is 5.79. The third kappa shape index (κ3) is 3.15. The van der Waals surface area contributed by atoms with E-state index in [1.54, 1.807) is 0 Å². The molecule has 110 valence electrons. The smallest absolute Gasteiger partial charge is 0.122 e. The first-order valence-electron chi connectivity index (χ1n) is 7.96. The molecule has 2 heterocycles. The van der Waals surface area contributed by atoms with Crippen LogP contribution in [0.1, 0.15) is 37.3 Å². The largest absolute Gasteiger partial charge is 0.493 e. The first-order valence-corrected chi connectivity index (χ1v) is 7.96. The normalized spacial score (nSPS) is 22.6. The molecule has 2 aliphatic rings. The number of hydrogen-bond donors (Lipinski definition) is 1. The molecule has 1 aromatic rings. The highest BCUT2D eigenvalue weighted by Crippen LogP contribution is 2.27. The van der Waals surface area contributed by atoms with E-state index in [1.165, 1.54) is 24.0 Å². The van der Waals surface area contributed by atoms with Crippen LogP contribution in [-0.2, 0) is 17.6 Å². The number of hydrogen-bond acceptors (Lipinski definition) is 3. The molecule has 0 aromatic heterocycles. The maximum absolute atomic E-state index is 5.85. The zero-order valence-corrected chi connectivity index (χ0v) is 12.4. The predicted molar refractivity (Wildman–Crippen MR) is 80.4 cm³/mol. The van der Waals surface area contributed by atoms with Crippen molar-refractivity contribution in [2.45, 2.75) is 51.2 Å². The van der Waals surface area contributed by atoms with Crippen LogP contribution in [0.3, 0.4) is 0 Å². The van der Waals surface area contributed by atoms with Gasteiger partial charge in [0.05, 0.1) is 12.7 Å². The summed E-state index contributed by atoms with van der Waals surface area (Å²) in [6.07, 6.45) is 6.15. The molecule has 3 heteroatoms. The molecule has 1 aromatic carbocycles. The number of rotatable bonds is 6. The fraction of sp³-hybridized carbons (Fsp3) is 0.647. The summed E-state index contributed by atoms with van der Waals surface area (Å²) < 4.78 is 11.4. The first-order chi connectivity index (χ1) is 9.86. The molecule has 0 spiro atoms. The van der Waals surface area contributed by atoms with Gasteiger partial charge in [0.2, 0.25) is 0 Å². The Morgan fingerprint density at radius 3 is 3.10 bits per heavy atom. The number of likely N-dealkylation sites (N-methyl/N-ethyl adjacent to an activating group) is 1. The molecule has 0 bridgehead atoms. The van der Waals surface area contributed by atoms with E-state index in [9.17, 15) is 0 Å². The van der Waals surface area contributed by atoms with Crippen molar-refractivity contribution in [2.75, 3.05) is 19.8 Å². The van der Waals surface area contributed by atoms with Crippen molar-refractivity contribution in [1.82, 2.24) is 5.32 Å². The summed E-state index contributed by atoms with van der Waals surface area (Å²) in [4.78, 5) is 0. The minimum Gasteiger partial charge on any atom is -0.493 e. The summed E-state index contributed by atoms with van der Waals surface area (Å²) in [5.41, 5.74) is 2.80. The van der Waals surface area contributed by atoms with Crippen LogP contribution in [-0.4, -0.2) is 31.9 Å². The van der Waals surface area contributed by atoms with E-state index in [0.29, 0.717) is 12.1 Å². The van der Waals surface area contributed by atoms with Gasteiger partial charge in [0, 0.05) is 19.1 Å². The van der Waals surface area contributed by atoms with Crippen molar-refractivity contribution in [3.63, 3.8) is 0 Å². The first kappa shape index (κ1) is 13.9. The van der Waals surface area contributed by atoms with E-state index >= 15 is 0 Å². The second-order valence-electron chi connectivity index (χ2n) is 5.79. The molecule has 2 aliphatic heterocycles. The number of benzene rings is 1. The number of nitrogens with one attached hydrogen (secondary N) is 1. The van der Waals surface area contributed by atoms with Gasteiger partial charge in [-0.05, 0) is 49.4 Å². The third-order valence-electron chi connectivity index (χ3n) is 4.38. The van der Waals surface area contributed by atoms with Crippen molar-refractivity contribution in [1.29, 1.82) is 0 Å². The van der Waals surface area contributed by atoms with E-state index in [1.807, 2.05) is 0 Å². The highest BCUT2D eigenvalue weighted by atomic mass is 16.5. The van der Waals surface area contributed by atoms with E-state index in [-0.39, 0.29) is 0 Å². The zero-order chi connectivity index (χ0) is 13.8. The molecule has 3 nitrogen and oxygen atoms in total. The van der Waals surface area contributed by atoms with E-state index in [2.05, 4.69) is 30.4 Å². The van der Waals surface area contributed by atoms with Gasteiger partial charge in [-0.1, -0.05) is 19.1 Å². The lowest BCUT2D eigenvalue weighted by molar-refractivity contribution is 0.0762. The fourth-order valence-electron chi connectivity index (χ4n) is 3.32. The van der Waals surface area contributed by atoms with Crippen LogP contribution in [0.5, 0.6) is 5.75 Å². The van der Waals surface area contributed by atoms with Crippen molar-refractivity contribution in [3.05, 3.63) is 29.3 Å². The number of ether oxygens (including phenoxy) is 2. The van der Waals surface area contributed by atoms with Gasteiger partial charge < -0.3 is 14.8 Å². The van der Waals surface area contributed by atoms with Crippen LogP contribution in [0.4, 0.5) is 0 Å². The summed E-state index contributed by atoms with van der Waals surface area (Å²) in [6, 6.07) is 7.15. The Kier molecular flexibility index (Phi) is 4.58. The second kappa shape index (κ2) is 6.59. The van der Waals surface area contributed by atoms with Crippen LogP contribution < -0.4 is 10.1 Å². The number of aryl methyl sites for hydroxylation is 1.